The molecule has 0 aliphatic heterocycles. The summed E-state index contributed by atoms with van der Waals surface area (Å²) in [5, 5.41) is 7.70. The molecule has 0 bridgehead atoms. The number of furan rings is 1. The molecule has 9 aromatic rings. The number of rotatable bonds is 3. The maximum absolute atomic E-state index is 6.26. The first-order valence-electron chi connectivity index (χ1n) is 15.9. The molecule has 46 heavy (non-hydrogen) atoms. The van der Waals surface area contributed by atoms with Gasteiger partial charge in [-0.05, 0) is 0 Å². The van der Waals surface area contributed by atoms with Crippen LogP contribution >= 0.6 is 0 Å². The van der Waals surface area contributed by atoms with Crippen molar-refractivity contribution in [2.75, 3.05) is 4.90 Å². The average Bonchev–Trinajstić information content (AvgIpc) is 3.73. The molecule has 2 aromatic heterocycles. The summed E-state index contributed by atoms with van der Waals surface area (Å²) >= 11 is 0.302. The molecule has 218 valence electrons. The number of hydrogen-bond donors (Lipinski definition) is 0. The summed E-state index contributed by atoms with van der Waals surface area (Å²) in [5.74, 6) is 0. The zero-order valence-electron chi connectivity index (χ0n) is 25.5. The number of para-hydroxylation sites is 1. The van der Waals surface area contributed by atoms with Crippen LogP contribution in [0.5, 0.6) is 0 Å². The summed E-state index contributed by atoms with van der Waals surface area (Å²) in [6.45, 7) is 4.74. The summed E-state index contributed by atoms with van der Waals surface area (Å²) in [4.78, 5) is 2.47. The first kappa shape index (κ1) is 26.2. The van der Waals surface area contributed by atoms with Crippen LogP contribution in [-0.2, 0) is 5.41 Å². The molecule has 0 unspecified atom stereocenters. The number of hydrogen-bond acceptors (Lipinski definition) is 2. The molecule has 0 fully saturated rings. The standard InChI is InChI=1S/C43H29NOSe/c1-43(2)36-14-6-3-10-30(36)33-13-9-15-37(41(33)43)44(28-20-23-39-35(25-28)31-11-4-7-16-38(31)45-39)27-19-22-29-26(24-27)18-21-34-32-12-5-8-17-40(32)46-42(29)34/h3-25H,1-2H3. The van der Waals surface area contributed by atoms with Crippen LogP contribution < -0.4 is 4.90 Å². The van der Waals surface area contributed by atoms with Crippen molar-refractivity contribution in [2.45, 2.75) is 19.3 Å². The third-order valence-electron chi connectivity index (χ3n) is 10.0. The van der Waals surface area contributed by atoms with Crippen molar-refractivity contribution in [3.8, 4) is 11.1 Å². The molecule has 0 atom stereocenters. The molecule has 0 N–H and O–H groups in total. The van der Waals surface area contributed by atoms with Gasteiger partial charge in [0, 0.05) is 0 Å². The molecule has 3 heteroatoms. The molecule has 1 aliphatic rings. The second-order valence-corrected chi connectivity index (χ2v) is 15.1. The molecule has 1 aliphatic carbocycles. The van der Waals surface area contributed by atoms with E-state index in [0.717, 1.165) is 33.3 Å². The van der Waals surface area contributed by atoms with E-state index in [2.05, 4.69) is 152 Å². The Morgan fingerprint density at radius 3 is 2.20 bits per heavy atom. The van der Waals surface area contributed by atoms with Crippen LogP contribution in [0.25, 0.3) is 63.1 Å². The van der Waals surface area contributed by atoms with Crippen molar-refractivity contribution >= 4 is 83.6 Å². The molecular formula is C43H29NOSe. The quantitative estimate of drug-likeness (QED) is 0.176. The SMILES string of the molecule is CC1(C)c2ccccc2-c2cccc(N(c3ccc4c(ccc5c6ccccc6[se]c45)c3)c3ccc4oc5ccccc5c4c3)c21. The van der Waals surface area contributed by atoms with Crippen molar-refractivity contribution in [2.24, 2.45) is 0 Å². The summed E-state index contributed by atoms with van der Waals surface area (Å²) < 4.78 is 9.23. The molecule has 0 amide bonds. The van der Waals surface area contributed by atoms with Crippen molar-refractivity contribution in [1.29, 1.82) is 0 Å². The van der Waals surface area contributed by atoms with Gasteiger partial charge in [0.25, 0.3) is 0 Å². The van der Waals surface area contributed by atoms with E-state index in [4.69, 9.17) is 4.42 Å². The zero-order valence-corrected chi connectivity index (χ0v) is 27.3. The minimum atomic E-state index is -0.154. The maximum atomic E-state index is 6.26. The van der Waals surface area contributed by atoms with Crippen molar-refractivity contribution < 1.29 is 4.42 Å². The third kappa shape index (κ3) is 3.59. The van der Waals surface area contributed by atoms with Gasteiger partial charge < -0.3 is 0 Å². The summed E-state index contributed by atoms with van der Waals surface area (Å²) in [6.07, 6.45) is 0. The molecule has 10 rings (SSSR count). The Kier molecular flexibility index (Phi) is 5.39. The van der Waals surface area contributed by atoms with Crippen molar-refractivity contribution in [1.82, 2.24) is 0 Å². The molecule has 2 heterocycles. The van der Waals surface area contributed by atoms with Gasteiger partial charge in [-0.3, -0.25) is 0 Å². The van der Waals surface area contributed by atoms with Gasteiger partial charge in [-0.15, -0.1) is 0 Å². The Hall–Kier alpha value is -5.08. The molecule has 7 aromatic carbocycles. The minimum absolute atomic E-state index is 0.154. The number of nitrogens with zero attached hydrogens (tertiary/aromatic N) is 1. The second kappa shape index (κ2) is 9.47. The molecule has 0 saturated heterocycles. The normalized spacial score (nSPS) is 13.6. The Balaban J connectivity index is 1.25. The molecule has 0 radical (unpaired) electrons. The summed E-state index contributed by atoms with van der Waals surface area (Å²) in [7, 11) is 0. The van der Waals surface area contributed by atoms with Gasteiger partial charge in [0.05, 0.1) is 0 Å². The predicted molar refractivity (Wildman–Crippen MR) is 195 cm³/mol. The van der Waals surface area contributed by atoms with Gasteiger partial charge in [0.1, 0.15) is 0 Å². The molecule has 0 spiro atoms. The van der Waals surface area contributed by atoms with E-state index < -0.39 is 0 Å². The van der Waals surface area contributed by atoms with Crippen LogP contribution in [0, 0.1) is 0 Å². The molecule has 2 nitrogen and oxygen atoms in total. The number of anilines is 3. The van der Waals surface area contributed by atoms with E-state index in [1.54, 1.807) is 0 Å². The zero-order chi connectivity index (χ0) is 30.6. The Bertz CT molecular complexity index is 2690. The van der Waals surface area contributed by atoms with Crippen LogP contribution in [0.2, 0.25) is 0 Å². The third-order valence-corrected chi connectivity index (χ3v) is 12.6. The number of benzene rings is 7. The van der Waals surface area contributed by atoms with Crippen molar-refractivity contribution in [3.63, 3.8) is 0 Å². The van der Waals surface area contributed by atoms with Gasteiger partial charge in [-0.2, -0.15) is 0 Å². The Morgan fingerprint density at radius 1 is 0.543 bits per heavy atom. The number of fused-ring (bicyclic) bond motifs is 11. The van der Waals surface area contributed by atoms with Crippen LogP contribution in [0.15, 0.2) is 144 Å². The first-order chi connectivity index (χ1) is 22.6. The summed E-state index contributed by atoms with van der Waals surface area (Å²) in [6, 6.07) is 51.3. The van der Waals surface area contributed by atoms with E-state index in [1.165, 1.54) is 58.0 Å². The van der Waals surface area contributed by atoms with Crippen molar-refractivity contribution in [3.05, 3.63) is 151 Å². The van der Waals surface area contributed by atoms with Gasteiger partial charge >= 0.3 is 268 Å². The monoisotopic (exact) mass is 655 g/mol. The van der Waals surface area contributed by atoms with Crippen LogP contribution in [-0.4, -0.2) is 14.5 Å². The second-order valence-electron chi connectivity index (χ2n) is 12.9. The van der Waals surface area contributed by atoms with Gasteiger partial charge in [0.2, 0.25) is 0 Å². The summed E-state index contributed by atoms with van der Waals surface area (Å²) in [5.41, 5.74) is 10.5. The van der Waals surface area contributed by atoms with Crippen LogP contribution in [0.4, 0.5) is 17.1 Å². The Labute approximate surface area is 272 Å². The van der Waals surface area contributed by atoms with E-state index in [-0.39, 0.29) is 5.41 Å². The first-order valence-corrected chi connectivity index (χ1v) is 17.6. The van der Waals surface area contributed by atoms with Crippen LogP contribution in [0.1, 0.15) is 25.0 Å². The predicted octanol–water partition coefficient (Wildman–Crippen LogP) is 11.9. The van der Waals surface area contributed by atoms with Gasteiger partial charge in [-0.25, -0.2) is 0 Å². The Morgan fingerprint density at radius 2 is 1.26 bits per heavy atom. The fraction of sp³-hybridized carbons (Fsp3) is 0.0698. The van der Waals surface area contributed by atoms with Gasteiger partial charge in [-0.1, -0.05) is 6.07 Å². The van der Waals surface area contributed by atoms with E-state index >= 15 is 0 Å². The van der Waals surface area contributed by atoms with E-state index in [1.807, 2.05) is 6.07 Å². The van der Waals surface area contributed by atoms with E-state index in [0.29, 0.717) is 14.5 Å². The fourth-order valence-electron chi connectivity index (χ4n) is 7.92. The topological polar surface area (TPSA) is 16.4 Å². The van der Waals surface area contributed by atoms with Crippen LogP contribution in [0.3, 0.4) is 0 Å². The fourth-order valence-corrected chi connectivity index (χ4v) is 10.5. The molecule has 0 saturated carbocycles. The van der Waals surface area contributed by atoms with E-state index in [9.17, 15) is 0 Å². The van der Waals surface area contributed by atoms with Gasteiger partial charge in [0.15, 0.2) is 0 Å². The molecular weight excluding hydrogens is 625 g/mol. The average molecular weight is 655 g/mol.